The van der Waals surface area contributed by atoms with Gasteiger partial charge in [0.2, 0.25) is 16.8 Å². The van der Waals surface area contributed by atoms with Crippen LogP contribution < -0.4 is 10.0 Å². The van der Waals surface area contributed by atoms with Gasteiger partial charge in [-0.25, -0.2) is 13.1 Å². The highest BCUT2D eigenvalue weighted by Crippen LogP contribution is 2.54. The maximum Gasteiger partial charge on any atom is 0.235 e. The minimum atomic E-state index is -2.68. The third-order valence-electron chi connectivity index (χ3n) is 6.75. The molecule has 6 heteroatoms. The number of fused-ring (bicyclic) bond motifs is 2. The Labute approximate surface area is 157 Å². The first-order valence-electron chi connectivity index (χ1n) is 9.81. The fourth-order valence-corrected chi connectivity index (χ4v) is 5.79. The van der Waals surface area contributed by atoms with Crippen LogP contribution in [-0.2, 0) is 26.6 Å². The second kappa shape index (κ2) is 6.34. The van der Waals surface area contributed by atoms with Crippen molar-refractivity contribution >= 4 is 22.5 Å². The van der Waals surface area contributed by atoms with Gasteiger partial charge >= 0.3 is 0 Å². The smallest absolute Gasteiger partial charge is 0.235 e. The number of carbonyl (C=O) groups is 1. The lowest BCUT2D eigenvalue weighted by molar-refractivity contribution is -0.123. The fourth-order valence-electron chi connectivity index (χ4n) is 5.09. The highest BCUT2D eigenvalue weighted by molar-refractivity contribution is 7.70. The van der Waals surface area contributed by atoms with Gasteiger partial charge in [0.25, 0.3) is 0 Å². The molecule has 1 aromatic carbocycles. The summed E-state index contributed by atoms with van der Waals surface area (Å²) in [6, 6.07) is 4.27. The summed E-state index contributed by atoms with van der Waals surface area (Å²) >= 11 is 0. The van der Waals surface area contributed by atoms with Gasteiger partial charge in [0, 0.05) is 5.69 Å². The predicted octanol–water partition coefficient (Wildman–Crippen LogP) is 3.46. The average molecular weight is 377 g/mol. The molecule has 0 atom stereocenters. The van der Waals surface area contributed by atoms with E-state index < -0.39 is 16.4 Å². The van der Waals surface area contributed by atoms with Crippen LogP contribution in [0.15, 0.2) is 12.1 Å². The highest BCUT2D eigenvalue weighted by Gasteiger charge is 2.52. The van der Waals surface area contributed by atoms with E-state index in [1.165, 1.54) is 0 Å². The molecular formula is C20H28N2O3S. The minimum absolute atomic E-state index is 0.123. The summed E-state index contributed by atoms with van der Waals surface area (Å²) in [6.07, 6.45) is 7.68. The molecule has 3 aliphatic rings. The summed E-state index contributed by atoms with van der Waals surface area (Å²) in [4.78, 5) is 12.7. The second-order valence-corrected chi connectivity index (χ2v) is 9.28. The molecule has 2 N–H and O–H groups in total. The van der Waals surface area contributed by atoms with Crippen LogP contribution in [0.4, 0.5) is 5.69 Å². The van der Waals surface area contributed by atoms with Gasteiger partial charge in [0.1, 0.15) is 0 Å². The summed E-state index contributed by atoms with van der Waals surface area (Å²) in [7, 11) is -2.68. The first kappa shape index (κ1) is 18.0. The Hall–Kier alpha value is -1.40. The number of hydrogen-bond acceptors (Lipinski definition) is 3. The molecule has 0 unspecified atom stereocenters. The maximum atomic E-state index is 12.7. The number of nitrogens with one attached hydrogen (secondary N) is 2. The van der Waals surface area contributed by atoms with Gasteiger partial charge in [-0.15, -0.1) is 0 Å². The molecule has 1 aliphatic heterocycles. The van der Waals surface area contributed by atoms with E-state index in [0.29, 0.717) is 0 Å². The van der Waals surface area contributed by atoms with Crippen molar-refractivity contribution in [3.63, 3.8) is 0 Å². The SMILES string of the molecule is CC(C)c1cc(C2(N[SH](=O)=O)CCCCC2)cc2c1NC(=O)C21CCC1. The molecule has 1 heterocycles. The molecule has 142 valence electrons. The third-order valence-corrected chi connectivity index (χ3v) is 7.36. The van der Waals surface area contributed by atoms with E-state index in [1.807, 2.05) is 0 Å². The van der Waals surface area contributed by atoms with Crippen LogP contribution in [-0.4, -0.2) is 14.3 Å². The van der Waals surface area contributed by atoms with E-state index >= 15 is 0 Å². The summed E-state index contributed by atoms with van der Waals surface area (Å²) < 4.78 is 26.1. The number of amides is 1. The third kappa shape index (κ3) is 2.61. The van der Waals surface area contributed by atoms with Crippen molar-refractivity contribution in [3.05, 3.63) is 28.8 Å². The van der Waals surface area contributed by atoms with E-state index in [0.717, 1.165) is 73.7 Å². The molecule has 1 amide bonds. The van der Waals surface area contributed by atoms with Crippen LogP contribution in [0.2, 0.25) is 0 Å². The Bertz CT molecular complexity index is 811. The first-order valence-corrected chi connectivity index (χ1v) is 11.0. The van der Waals surface area contributed by atoms with Crippen molar-refractivity contribution in [1.29, 1.82) is 0 Å². The summed E-state index contributed by atoms with van der Waals surface area (Å²) in [5.41, 5.74) is 3.34. The summed E-state index contributed by atoms with van der Waals surface area (Å²) in [6.45, 7) is 4.26. The van der Waals surface area contributed by atoms with Crippen molar-refractivity contribution in [2.75, 3.05) is 5.32 Å². The topological polar surface area (TPSA) is 75.3 Å². The largest absolute Gasteiger partial charge is 0.325 e. The van der Waals surface area contributed by atoms with Crippen molar-refractivity contribution in [2.24, 2.45) is 0 Å². The Morgan fingerprint density at radius 2 is 1.73 bits per heavy atom. The van der Waals surface area contributed by atoms with Gasteiger partial charge < -0.3 is 5.32 Å². The highest BCUT2D eigenvalue weighted by atomic mass is 32.2. The summed E-state index contributed by atoms with van der Waals surface area (Å²) in [5, 5.41) is 3.14. The molecule has 1 spiro atoms. The molecule has 1 aromatic rings. The molecule has 5 nitrogen and oxygen atoms in total. The number of anilines is 1. The predicted molar refractivity (Wildman–Crippen MR) is 103 cm³/mol. The van der Waals surface area contributed by atoms with E-state index in [9.17, 15) is 13.2 Å². The lowest BCUT2D eigenvalue weighted by Crippen LogP contribution is -2.44. The van der Waals surface area contributed by atoms with Gasteiger partial charge in [0.15, 0.2) is 0 Å². The summed E-state index contributed by atoms with van der Waals surface area (Å²) in [5.74, 6) is 0.388. The quantitative estimate of drug-likeness (QED) is 0.705. The van der Waals surface area contributed by atoms with E-state index in [1.54, 1.807) is 0 Å². The molecule has 0 radical (unpaired) electrons. The fraction of sp³-hybridized carbons (Fsp3) is 0.650. The first-order chi connectivity index (χ1) is 12.4. The van der Waals surface area contributed by atoms with Crippen LogP contribution in [0.1, 0.15) is 87.8 Å². The lowest BCUT2D eigenvalue weighted by atomic mass is 9.64. The number of rotatable bonds is 4. The van der Waals surface area contributed by atoms with Crippen molar-refractivity contribution in [3.8, 4) is 0 Å². The van der Waals surface area contributed by atoms with Crippen LogP contribution in [0, 0.1) is 0 Å². The van der Waals surface area contributed by atoms with Crippen LogP contribution in [0.25, 0.3) is 0 Å². The molecule has 4 rings (SSSR count). The molecule has 0 bridgehead atoms. The van der Waals surface area contributed by atoms with Crippen molar-refractivity contribution in [1.82, 2.24) is 4.72 Å². The van der Waals surface area contributed by atoms with Gasteiger partial charge in [0.05, 0.1) is 11.0 Å². The zero-order valence-corrected chi connectivity index (χ0v) is 16.5. The number of thiol groups is 1. The molecule has 26 heavy (non-hydrogen) atoms. The molecule has 0 saturated heterocycles. The second-order valence-electron chi connectivity index (χ2n) is 8.54. The molecule has 2 aliphatic carbocycles. The van der Waals surface area contributed by atoms with Crippen molar-refractivity contribution in [2.45, 2.75) is 82.1 Å². The number of hydrogen-bond donors (Lipinski definition) is 3. The average Bonchev–Trinajstić information content (AvgIpc) is 2.85. The van der Waals surface area contributed by atoms with E-state index in [-0.39, 0.29) is 17.2 Å². The van der Waals surface area contributed by atoms with Gasteiger partial charge in [-0.2, -0.15) is 0 Å². The number of benzene rings is 1. The monoisotopic (exact) mass is 376 g/mol. The van der Waals surface area contributed by atoms with Crippen molar-refractivity contribution < 1.29 is 13.2 Å². The van der Waals surface area contributed by atoms with E-state index in [2.05, 4.69) is 36.0 Å². The van der Waals surface area contributed by atoms with Crippen LogP contribution in [0.5, 0.6) is 0 Å². The Morgan fingerprint density at radius 1 is 1.04 bits per heavy atom. The minimum Gasteiger partial charge on any atom is -0.325 e. The Kier molecular flexibility index (Phi) is 4.39. The maximum absolute atomic E-state index is 12.7. The number of carbonyl (C=O) groups excluding carboxylic acids is 1. The zero-order chi connectivity index (χ0) is 18.5. The van der Waals surface area contributed by atoms with Gasteiger partial charge in [-0.3, -0.25) is 4.79 Å². The van der Waals surface area contributed by atoms with E-state index in [4.69, 9.17) is 0 Å². The Balaban J connectivity index is 1.90. The molecule has 0 aromatic heterocycles. The normalized spacial score (nSPS) is 23.2. The standard InChI is InChI=1S/C20H28N2O3S/c1-13(2)15-11-14(20(22-26(24)25)9-4-3-5-10-20)12-16-17(15)21-18(23)19(16)7-6-8-19/h11-13,26H,3-10H2,1-2H3,(H,21,23)(H,22,24,25). The Morgan fingerprint density at radius 3 is 2.27 bits per heavy atom. The van der Waals surface area contributed by atoms with Gasteiger partial charge in [-0.05, 0) is 48.3 Å². The van der Waals surface area contributed by atoms with Crippen LogP contribution in [0.3, 0.4) is 0 Å². The zero-order valence-electron chi connectivity index (χ0n) is 15.6. The molecule has 2 saturated carbocycles. The molecule has 2 fully saturated rings. The van der Waals surface area contributed by atoms with Gasteiger partial charge in [-0.1, -0.05) is 51.7 Å². The van der Waals surface area contributed by atoms with Crippen LogP contribution >= 0.6 is 0 Å². The molecular weight excluding hydrogens is 348 g/mol. The lowest BCUT2D eigenvalue weighted by Gasteiger charge is -2.40.